The molecule has 1 N–H and O–H groups in total. The maximum absolute atomic E-state index is 13.5. The van der Waals surface area contributed by atoms with Crippen LogP contribution in [-0.2, 0) is 30.2 Å². The van der Waals surface area contributed by atoms with Crippen molar-refractivity contribution in [1.82, 2.24) is 40.3 Å². The molecule has 2 bridgehead atoms. The third kappa shape index (κ3) is 6.88. The molecular formula is C26H32F2N8O3. The number of hydrogen-bond donors (Lipinski definition) is 1. The van der Waals surface area contributed by atoms with Crippen LogP contribution in [0.2, 0.25) is 0 Å². The van der Waals surface area contributed by atoms with Crippen molar-refractivity contribution in [3.05, 3.63) is 53.4 Å². The number of aromatic nitrogens is 7. The number of nitrogens with zero attached hydrogens (tertiary/aromatic N) is 7. The van der Waals surface area contributed by atoms with Crippen molar-refractivity contribution in [2.75, 3.05) is 6.54 Å². The number of ketones is 1. The first-order chi connectivity index (χ1) is 18.7. The van der Waals surface area contributed by atoms with E-state index in [2.05, 4.69) is 30.9 Å². The van der Waals surface area contributed by atoms with Gasteiger partial charge in [-0.25, -0.2) is 8.78 Å². The number of halogens is 2. The van der Waals surface area contributed by atoms with Gasteiger partial charge in [-0.15, -0.1) is 10.2 Å². The third-order valence-electron chi connectivity index (χ3n) is 7.31. The highest BCUT2D eigenvalue weighted by Gasteiger charge is 2.40. The van der Waals surface area contributed by atoms with Crippen LogP contribution in [-0.4, -0.2) is 65.4 Å². The van der Waals surface area contributed by atoms with Gasteiger partial charge in [-0.3, -0.25) is 23.9 Å². The van der Waals surface area contributed by atoms with Crippen LogP contribution >= 0.6 is 0 Å². The minimum absolute atomic E-state index is 0.0994. The van der Waals surface area contributed by atoms with Crippen LogP contribution in [0.4, 0.5) is 8.78 Å². The predicted molar refractivity (Wildman–Crippen MR) is 134 cm³/mol. The molecule has 2 fully saturated rings. The number of hydrogen-bond acceptors (Lipinski definition) is 8. The first-order valence-electron chi connectivity index (χ1n) is 13.3. The molecule has 0 aliphatic carbocycles. The third-order valence-corrected chi connectivity index (χ3v) is 7.31. The zero-order valence-corrected chi connectivity index (χ0v) is 21.8. The molecule has 39 heavy (non-hydrogen) atoms. The van der Waals surface area contributed by atoms with Gasteiger partial charge in [0.1, 0.15) is 5.69 Å². The Bertz CT molecular complexity index is 1300. The summed E-state index contributed by atoms with van der Waals surface area (Å²) in [5.41, 5.74) is 0.830. The fraction of sp³-hybridized carbons (Fsp3) is 0.577. The summed E-state index contributed by atoms with van der Waals surface area (Å²) in [4.78, 5) is 29.0. The van der Waals surface area contributed by atoms with Gasteiger partial charge in [0.05, 0.1) is 24.6 Å². The van der Waals surface area contributed by atoms with Gasteiger partial charge in [-0.05, 0) is 50.7 Å². The van der Waals surface area contributed by atoms with Gasteiger partial charge in [-0.1, -0.05) is 10.4 Å². The Morgan fingerprint density at radius 1 is 1.10 bits per heavy atom. The van der Waals surface area contributed by atoms with E-state index in [9.17, 15) is 18.4 Å². The number of aryl methyl sites for hydroxylation is 3. The average Bonchev–Trinajstić information content (AvgIpc) is 3.73. The topological polar surface area (TPSA) is 130 Å². The minimum atomic E-state index is -2.96. The molecule has 11 nitrogen and oxygen atoms in total. The normalized spacial score (nSPS) is 20.4. The van der Waals surface area contributed by atoms with E-state index in [0.717, 1.165) is 39.0 Å². The molecule has 5 rings (SSSR count). The maximum atomic E-state index is 13.5. The van der Waals surface area contributed by atoms with E-state index in [4.69, 9.17) is 4.74 Å². The summed E-state index contributed by atoms with van der Waals surface area (Å²) in [6.07, 6.45) is 10.2. The van der Waals surface area contributed by atoms with Crippen molar-refractivity contribution in [2.45, 2.75) is 83.1 Å². The van der Waals surface area contributed by atoms with Crippen LogP contribution < -0.4 is 5.32 Å². The Kier molecular flexibility index (Phi) is 8.05. The number of Topliss-reactive ketones (excluding diaryl/α,β-unsaturated/α-hetero) is 1. The summed E-state index contributed by atoms with van der Waals surface area (Å²) < 4.78 is 36.1. The lowest BCUT2D eigenvalue weighted by atomic mass is 9.89. The molecule has 2 saturated heterocycles. The number of alkyl halides is 2. The number of carbonyl (C=O) groups is 2. The van der Waals surface area contributed by atoms with Gasteiger partial charge < -0.3 is 10.1 Å². The lowest BCUT2D eigenvalue weighted by Gasteiger charge is -2.18. The zero-order chi connectivity index (χ0) is 27.4. The van der Waals surface area contributed by atoms with Crippen molar-refractivity contribution < 1.29 is 23.1 Å². The van der Waals surface area contributed by atoms with Crippen molar-refractivity contribution in [2.24, 2.45) is 5.92 Å². The second-order valence-electron chi connectivity index (χ2n) is 10.4. The van der Waals surface area contributed by atoms with E-state index in [-0.39, 0.29) is 41.9 Å². The summed E-state index contributed by atoms with van der Waals surface area (Å²) in [5, 5.41) is 18.9. The van der Waals surface area contributed by atoms with Gasteiger partial charge in [0.15, 0.2) is 11.5 Å². The molecule has 2 aliphatic rings. The molecule has 0 saturated carbocycles. The molecule has 0 radical (unpaired) electrons. The number of carbonyl (C=O) groups excluding carboxylic acids is 2. The molecular weight excluding hydrogens is 510 g/mol. The first kappa shape index (κ1) is 27.0. The van der Waals surface area contributed by atoms with Gasteiger partial charge >= 0.3 is 0 Å². The summed E-state index contributed by atoms with van der Waals surface area (Å²) in [5.74, 6) is -3.03. The number of unbranched alkanes of at least 4 members (excludes halogenated alkanes) is 1. The molecule has 3 aromatic rings. The van der Waals surface area contributed by atoms with E-state index in [1.165, 1.54) is 18.3 Å². The van der Waals surface area contributed by atoms with Crippen LogP contribution in [0.1, 0.15) is 77.7 Å². The molecule has 3 atom stereocenters. The lowest BCUT2D eigenvalue weighted by Crippen LogP contribution is -2.33. The quantitative estimate of drug-likeness (QED) is 0.258. The largest absolute Gasteiger partial charge is 0.375 e. The molecule has 2 unspecified atom stereocenters. The van der Waals surface area contributed by atoms with Crippen LogP contribution in [0.15, 0.2) is 30.7 Å². The molecule has 1 amide bonds. The number of rotatable bonds is 13. The molecule has 208 valence electrons. The number of nitrogens with one attached hydrogen (secondary N) is 1. The number of pyridine rings is 1. The van der Waals surface area contributed by atoms with Crippen LogP contribution in [0.5, 0.6) is 0 Å². The van der Waals surface area contributed by atoms with E-state index >= 15 is 0 Å². The smallest absolute Gasteiger partial charge is 0.273 e. The number of fused-ring (bicyclic) bond motifs is 2. The maximum Gasteiger partial charge on any atom is 0.273 e. The van der Waals surface area contributed by atoms with Gasteiger partial charge in [0.2, 0.25) is 0 Å². The van der Waals surface area contributed by atoms with Crippen molar-refractivity contribution in [3.8, 4) is 0 Å². The van der Waals surface area contributed by atoms with Crippen LogP contribution in [0, 0.1) is 5.92 Å². The zero-order valence-electron chi connectivity index (χ0n) is 21.8. The molecule has 0 spiro atoms. The Morgan fingerprint density at radius 3 is 2.49 bits per heavy atom. The summed E-state index contributed by atoms with van der Waals surface area (Å²) >= 11 is 0. The number of ether oxygens (including phenoxy) is 1. The highest BCUT2D eigenvalue weighted by molar-refractivity contribution is 5.94. The molecule has 13 heteroatoms. The Labute approximate surface area is 224 Å². The van der Waals surface area contributed by atoms with E-state index in [1.54, 1.807) is 21.8 Å². The average molecular weight is 543 g/mol. The second-order valence-corrected chi connectivity index (χ2v) is 10.4. The van der Waals surface area contributed by atoms with Gasteiger partial charge in [-0.2, -0.15) is 0 Å². The van der Waals surface area contributed by atoms with Gasteiger partial charge in [0.25, 0.3) is 11.8 Å². The monoisotopic (exact) mass is 542 g/mol. The Morgan fingerprint density at radius 2 is 1.82 bits per heavy atom. The first-order valence-corrected chi connectivity index (χ1v) is 13.3. The second kappa shape index (κ2) is 11.6. The standard InChI is InChI=1S/C26H32F2N8O3/c1-26(27,28)18-8-9-29-19(13-18)4-6-23(37)21-15-35(33-31-21)10-2-3-11-36-16-22(32-34-36)25(38)30-14-17-12-20-5-7-24(17)39-20/h8-9,13,15-17,20,24H,2-7,10-12,14H2,1H3,(H,30,38)/t17-,20?,24?/m0/s1. The Hall–Kier alpha value is -3.61. The van der Waals surface area contributed by atoms with E-state index in [0.29, 0.717) is 43.0 Å². The van der Waals surface area contributed by atoms with Crippen LogP contribution in [0.3, 0.4) is 0 Å². The molecule has 0 aromatic carbocycles. The highest BCUT2D eigenvalue weighted by atomic mass is 19.3. The van der Waals surface area contributed by atoms with E-state index < -0.39 is 5.92 Å². The molecule has 3 aromatic heterocycles. The SMILES string of the molecule is CC(F)(F)c1ccnc(CCC(=O)c2cn(CCCCn3cc(C(=O)NC[C@@H]4CC5CCC4O5)nn3)nn2)c1. The van der Waals surface area contributed by atoms with Gasteiger partial charge in [0, 0.05) is 56.4 Å². The molecule has 5 heterocycles. The lowest BCUT2D eigenvalue weighted by molar-refractivity contribution is 0.0173. The number of amides is 1. The summed E-state index contributed by atoms with van der Waals surface area (Å²) in [7, 11) is 0. The predicted octanol–water partition coefficient (Wildman–Crippen LogP) is 2.97. The van der Waals surface area contributed by atoms with Crippen molar-refractivity contribution in [1.29, 1.82) is 0 Å². The fourth-order valence-electron chi connectivity index (χ4n) is 5.12. The van der Waals surface area contributed by atoms with Crippen LogP contribution in [0.25, 0.3) is 0 Å². The van der Waals surface area contributed by atoms with Crippen molar-refractivity contribution in [3.63, 3.8) is 0 Å². The summed E-state index contributed by atoms with van der Waals surface area (Å²) in [6, 6.07) is 2.59. The summed E-state index contributed by atoms with van der Waals surface area (Å²) in [6.45, 7) is 2.57. The minimum Gasteiger partial charge on any atom is -0.375 e. The fourth-order valence-corrected chi connectivity index (χ4v) is 5.12. The van der Waals surface area contributed by atoms with Crippen molar-refractivity contribution >= 4 is 11.7 Å². The Balaban J connectivity index is 1.01. The van der Waals surface area contributed by atoms with E-state index in [1.807, 2.05) is 0 Å². The molecule has 2 aliphatic heterocycles. The highest BCUT2D eigenvalue weighted by Crippen LogP contribution is 2.38.